The van der Waals surface area contributed by atoms with Gasteiger partial charge in [0.15, 0.2) is 0 Å². The van der Waals surface area contributed by atoms with Crippen molar-refractivity contribution in [3.8, 4) is 0 Å². The highest BCUT2D eigenvalue weighted by molar-refractivity contribution is 5.91. The molecule has 0 aromatic heterocycles. The minimum Gasteiger partial charge on any atom is -0.459 e. The van der Waals surface area contributed by atoms with Crippen molar-refractivity contribution in [1.82, 2.24) is 5.32 Å². The number of hydrogen-bond donors (Lipinski definition) is 1. The first kappa shape index (κ1) is 18.7. The zero-order chi connectivity index (χ0) is 20.1. The summed E-state index contributed by atoms with van der Waals surface area (Å²) in [4.78, 5) is 24.4. The van der Waals surface area contributed by atoms with E-state index in [-0.39, 0.29) is 25.5 Å². The Labute approximate surface area is 169 Å². The van der Waals surface area contributed by atoms with Crippen molar-refractivity contribution in [3.63, 3.8) is 0 Å². The van der Waals surface area contributed by atoms with Crippen LogP contribution in [0.4, 0.5) is 0 Å². The number of benzene rings is 4. The van der Waals surface area contributed by atoms with Crippen molar-refractivity contribution in [2.75, 3.05) is 6.54 Å². The summed E-state index contributed by atoms with van der Waals surface area (Å²) in [5.41, 5.74) is 1.88. The standard InChI is InChI=1S/C25H21NO3/c27-24(15-20-11-5-9-18-7-1-3-13-22(18)20)26-16-25(28)29-17-21-12-6-10-19-8-2-4-14-23(19)21/h1-14H,15-17H2,(H,26,27). The van der Waals surface area contributed by atoms with Gasteiger partial charge in [-0.15, -0.1) is 0 Å². The van der Waals surface area contributed by atoms with Gasteiger partial charge in [0.2, 0.25) is 5.91 Å². The van der Waals surface area contributed by atoms with Gasteiger partial charge in [-0.05, 0) is 32.7 Å². The summed E-state index contributed by atoms with van der Waals surface area (Å²) >= 11 is 0. The Morgan fingerprint density at radius 3 is 1.93 bits per heavy atom. The fourth-order valence-electron chi connectivity index (χ4n) is 3.48. The second kappa shape index (κ2) is 8.57. The van der Waals surface area contributed by atoms with Crippen LogP contribution >= 0.6 is 0 Å². The summed E-state index contributed by atoms with van der Waals surface area (Å²) in [7, 11) is 0. The predicted molar refractivity (Wildman–Crippen MR) is 114 cm³/mol. The number of esters is 1. The van der Waals surface area contributed by atoms with Gasteiger partial charge >= 0.3 is 5.97 Å². The maximum atomic E-state index is 12.3. The Balaban J connectivity index is 1.32. The molecular weight excluding hydrogens is 362 g/mol. The lowest BCUT2D eigenvalue weighted by molar-refractivity contribution is -0.145. The van der Waals surface area contributed by atoms with E-state index in [1.54, 1.807) is 0 Å². The highest BCUT2D eigenvalue weighted by Crippen LogP contribution is 2.20. The van der Waals surface area contributed by atoms with Crippen molar-refractivity contribution < 1.29 is 14.3 Å². The first-order valence-corrected chi connectivity index (χ1v) is 9.56. The van der Waals surface area contributed by atoms with E-state index < -0.39 is 5.97 Å². The van der Waals surface area contributed by atoms with E-state index in [4.69, 9.17) is 4.74 Å². The molecule has 0 saturated carbocycles. The number of rotatable bonds is 6. The first-order chi connectivity index (χ1) is 14.2. The molecule has 0 aliphatic rings. The fourth-order valence-corrected chi connectivity index (χ4v) is 3.48. The molecule has 0 atom stereocenters. The number of nitrogens with one attached hydrogen (secondary N) is 1. The summed E-state index contributed by atoms with van der Waals surface area (Å²) in [6.45, 7) is 0.0355. The van der Waals surface area contributed by atoms with Gasteiger partial charge in [0.05, 0.1) is 6.42 Å². The maximum absolute atomic E-state index is 12.3. The minimum absolute atomic E-state index is 0.144. The zero-order valence-corrected chi connectivity index (χ0v) is 15.9. The van der Waals surface area contributed by atoms with Crippen molar-refractivity contribution in [3.05, 3.63) is 96.1 Å². The van der Waals surface area contributed by atoms with Crippen molar-refractivity contribution >= 4 is 33.4 Å². The molecule has 0 spiro atoms. The lowest BCUT2D eigenvalue weighted by atomic mass is 10.0. The number of hydrogen-bond acceptors (Lipinski definition) is 3. The number of ether oxygens (including phenoxy) is 1. The largest absolute Gasteiger partial charge is 0.459 e. The molecule has 4 aromatic carbocycles. The van der Waals surface area contributed by atoms with Crippen LogP contribution in [-0.2, 0) is 27.4 Å². The van der Waals surface area contributed by atoms with E-state index in [0.29, 0.717) is 0 Å². The van der Waals surface area contributed by atoms with Crippen LogP contribution in [0.2, 0.25) is 0 Å². The van der Waals surface area contributed by atoms with Gasteiger partial charge in [0, 0.05) is 0 Å². The number of carbonyl (C=O) groups excluding carboxylic acids is 2. The monoisotopic (exact) mass is 383 g/mol. The molecule has 0 heterocycles. The molecule has 0 unspecified atom stereocenters. The third kappa shape index (κ3) is 4.43. The molecule has 0 aliphatic heterocycles. The van der Waals surface area contributed by atoms with Gasteiger partial charge in [-0.2, -0.15) is 0 Å². The van der Waals surface area contributed by atoms with Crippen LogP contribution in [-0.4, -0.2) is 18.4 Å². The Hall–Kier alpha value is -3.66. The van der Waals surface area contributed by atoms with Gasteiger partial charge in [0.1, 0.15) is 13.2 Å². The van der Waals surface area contributed by atoms with E-state index in [1.165, 1.54) is 0 Å². The molecule has 4 heteroatoms. The molecule has 4 rings (SSSR count). The maximum Gasteiger partial charge on any atom is 0.325 e. The molecule has 0 fully saturated rings. The molecular formula is C25H21NO3. The second-order valence-corrected chi connectivity index (χ2v) is 6.89. The van der Waals surface area contributed by atoms with Crippen LogP contribution < -0.4 is 5.32 Å². The summed E-state index contributed by atoms with van der Waals surface area (Å²) in [5.74, 6) is -0.660. The van der Waals surface area contributed by atoms with E-state index >= 15 is 0 Å². The smallest absolute Gasteiger partial charge is 0.325 e. The zero-order valence-electron chi connectivity index (χ0n) is 15.9. The Morgan fingerprint density at radius 2 is 1.24 bits per heavy atom. The molecule has 1 N–H and O–H groups in total. The molecule has 29 heavy (non-hydrogen) atoms. The third-order valence-corrected chi connectivity index (χ3v) is 4.93. The van der Waals surface area contributed by atoms with E-state index in [0.717, 1.165) is 32.7 Å². The average Bonchev–Trinajstić information content (AvgIpc) is 2.76. The lowest BCUT2D eigenvalue weighted by Crippen LogP contribution is -2.31. The second-order valence-electron chi connectivity index (χ2n) is 6.89. The molecule has 0 aliphatic carbocycles. The van der Waals surface area contributed by atoms with Gasteiger partial charge in [0.25, 0.3) is 0 Å². The van der Waals surface area contributed by atoms with Crippen LogP contribution in [0.3, 0.4) is 0 Å². The average molecular weight is 383 g/mol. The highest BCUT2D eigenvalue weighted by atomic mass is 16.5. The lowest BCUT2D eigenvalue weighted by Gasteiger charge is -2.10. The number of fused-ring (bicyclic) bond motifs is 2. The van der Waals surface area contributed by atoms with Crippen LogP contribution in [0, 0.1) is 0 Å². The Bertz CT molecular complexity index is 1170. The topological polar surface area (TPSA) is 55.4 Å². The minimum atomic E-state index is -0.454. The molecule has 4 nitrogen and oxygen atoms in total. The quantitative estimate of drug-likeness (QED) is 0.502. The van der Waals surface area contributed by atoms with Crippen LogP contribution in [0.15, 0.2) is 84.9 Å². The molecule has 1 amide bonds. The van der Waals surface area contributed by atoms with E-state index in [2.05, 4.69) is 5.32 Å². The van der Waals surface area contributed by atoms with E-state index in [1.807, 2.05) is 84.9 Å². The number of amides is 1. The van der Waals surface area contributed by atoms with Crippen LogP contribution in [0.5, 0.6) is 0 Å². The highest BCUT2D eigenvalue weighted by Gasteiger charge is 2.10. The van der Waals surface area contributed by atoms with Crippen LogP contribution in [0.1, 0.15) is 11.1 Å². The fraction of sp³-hybridized carbons (Fsp3) is 0.120. The molecule has 0 saturated heterocycles. The Kier molecular flexibility index (Phi) is 5.52. The summed E-state index contributed by atoms with van der Waals surface area (Å²) < 4.78 is 5.35. The molecule has 144 valence electrons. The van der Waals surface area contributed by atoms with Gasteiger partial charge < -0.3 is 10.1 Å². The van der Waals surface area contributed by atoms with Crippen molar-refractivity contribution in [1.29, 1.82) is 0 Å². The first-order valence-electron chi connectivity index (χ1n) is 9.56. The molecule has 0 radical (unpaired) electrons. The number of carbonyl (C=O) groups is 2. The Morgan fingerprint density at radius 1 is 0.690 bits per heavy atom. The van der Waals surface area contributed by atoms with Gasteiger partial charge in [-0.1, -0.05) is 84.9 Å². The summed E-state index contributed by atoms with van der Waals surface area (Å²) in [6.07, 6.45) is 0.220. The third-order valence-electron chi connectivity index (χ3n) is 4.93. The van der Waals surface area contributed by atoms with Crippen LogP contribution in [0.25, 0.3) is 21.5 Å². The summed E-state index contributed by atoms with van der Waals surface area (Å²) in [6, 6.07) is 27.7. The predicted octanol–water partition coefficient (Wildman–Crippen LogP) is 4.40. The van der Waals surface area contributed by atoms with Crippen molar-refractivity contribution in [2.45, 2.75) is 13.0 Å². The summed E-state index contributed by atoms with van der Waals surface area (Å²) in [5, 5.41) is 6.95. The van der Waals surface area contributed by atoms with E-state index in [9.17, 15) is 9.59 Å². The molecule has 0 bridgehead atoms. The van der Waals surface area contributed by atoms with Crippen molar-refractivity contribution in [2.24, 2.45) is 0 Å². The normalized spacial score (nSPS) is 10.8. The van der Waals surface area contributed by atoms with Gasteiger partial charge in [-0.25, -0.2) is 0 Å². The molecule has 4 aromatic rings. The van der Waals surface area contributed by atoms with Gasteiger partial charge in [-0.3, -0.25) is 9.59 Å². The SMILES string of the molecule is O=C(Cc1cccc2ccccc12)NCC(=O)OCc1cccc2ccccc12.